The summed E-state index contributed by atoms with van der Waals surface area (Å²) in [5.74, 6) is 0. The van der Waals surface area contributed by atoms with Gasteiger partial charge < -0.3 is 21.6 Å². The van der Waals surface area contributed by atoms with E-state index in [9.17, 15) is 4.79 Å². The Morgan fingerprint density at radius 2 is 2.40 bits per heavy atom. The van der Waals surface area contributed by atoms with Crippen molar-refractivity contribution in [1.29, 1.82) is 0 Å². The van der Waals surface area contributed by atoms with E-state index in [0.29, 0.717) is 12.7 Å². The third-order valence-corrected chi connectivity index (χ3v) is 1.15. The molecule has 0 aromatic heterocycles. The molecule has 1 atom stereocenters. The Hall–Kier alpha value is -1.03. The van der Waals surface area contributed by atoms with Crippen LogP contribution in [0.3, 0.4) is 0 Å². The fourth-order valence-electron chi connectivity index (χ4n) is 0.555. The maximum atomic E-state index is 10.1. The number of carbonyl (C=O) groups is 1. The standard InChI is InChI=1S/C6H13N3O/c1-9-6(3-7)2-5(8)4-10/h3-5,9H,2,7-8H2,1H3/b6-3-. The molecule has 0 aromatic carbocycles. The van der Waals surface area contributed by atoms with E-state index in [1.807, 2.05) is 0 Å². The highest BCUT2D eigenvalue weighted by Gasteiger charge is 2.01. The lowest BCUT2D eigenvalue weighted by atomic mass is 10.2. The Bertz CT molecular complexity index is 133. The third-order valence-electron chi connectivity index (χ3n) is 1.15. The molecule has 4 heteroatoms. The number of rotatable bonds is 4. The second kappa shape index (κ2) is 4.81. The molecule has 0 bridgehead atoms. The van der Waals surface area contributed by atoms with Gasteiger partial charge >= 0.3 is 0 Å². The number of nitrogens with two attached hydrogens (primary N) is 2. The van der Waals surface area contributed by atoms with E-state index >= 15 is 0 Å². The van der Waals surface area contributed by atoms with Gasteiger partial charge in [-0.1, -0.05) is 0 Å². The van der Waals surface area contributed by atoms with Crippen LogP contribution in [-0.2, 0) is 4.79 Å². The van der Waals surface area contributed by atoms with Crippen molar-refractivity contribution in [2.24, 2.45) is 11.5 Å². The van der Waals surface area contributed by atoms with Crippen molar-refractivity contribution in [1.82, 2.24) is 5.32 Å². The van der Waals surface area contributed by atoms with E-state index < -0.39 is 6.04 Å². The summed E-state index contributed by atoms with van der Waals surface area (Å²) in [6.07, 6.45) is 2.57. The second-order valence-corrected chi connectivity index (χ2v) is 1.95. The van der Waals surface area contributed by atoms with Crippen LogP contribution in [0.4, 0.5) is 0 Å². The van der Waals surface area contributed by atoms with E-state index in [1.54, 1.807) is 7.05 Å². The minimum Gasteiger partial charge on any atom is -0.403 e. The topological polar surface area (TPSA) is 81.1 Å². The lowest BCUT2D eigenvalue weighted by Crippen LogP contribution is -2.25. The summed E-state index contributed by atoms with van der Waals surface area (Å²) in [4.78, 5) is 10.1. The first kappa shape index (κ1) is 8.97. The summed E-state index contributed by atoms with van der Waals surface area (Å²) >= 11 is 0. The molecule has 0 saturated heterocycles. The van der Waals surface area contributed by atoms with Crippen molar-refractivity contribution >= 4 is 6.29 Å². The summed E-state index contributed by atoms with van der Waals surface area (Å²) < 4.78 is 0. The quantitative estimate of drug-likeness (QED) is 0.437. The number of hydrogen-bond acceptors (Lipinski definition) is 4. The van der Waals surface area contributed by atoms with E-state index in [1.165, 1.54) is 6.20 Å². The molecule has 0 radical (unpaired) electrons. The molecule has 1 unspecified atom stereocenters. The van der Waals surface area contributed by atoms with Gasteiger partial charge in [0.15, 0.2) is 0 Å². The lowest BCUT2D eigenvalue weighted by molar-refractivity contribution is -0.108. The Morgan fingerprint density at radius 3 is 2.70 bits per heavy atom. The number of nitrogens with one attached hydrogen (secondary N) is 1. The van der Waals surface area contributed by atoms with Gasteiger partial charge in [0.2, 0.25) is 0 Å². The van der Waals surface area contributed by atoms with Crippen molar-refractivity contribution in [2.75, 3.05) is 7.05 Å². The largest absolute Gasteiger partial charge is 0.403 e. The zero-order valence-corrected chi connectivity index (χ0v) is 6.00. The van der Waals surface area contributed by atoms with Crippen molar-refractivity contribution < 1.29 is 4.79 Å². The minimum absolute atomic E-state index is 0.456. The van der Waals surface area contributed by atoms with Crippen LogP contribution < -0.4 is 16.8 Å². The Morgan fingerprint density at radius 1 is 1.80 bits per heavy atom. The fraction of sp³-hybridized carbons (Fsp3) is 0.500. The van der Waals surface area contributed by atoms with Gasteiger partial charge in [-0.2, -0.15) is 0 Å². The van der Waals surface area contributed by atoms with Crippen molar-refractivity contribution in [3.05, 3.63) is 11.9 Å². The lowest BCUT2D eigenvalue weighted by Gasteiger charge is -2.06. The van der Waals surface area contributed by atoms with Gasteiger partial charge in [-0.15, -0.1) is 0 Å². The smallest absolute Gasteiger partial charge is 0.137 e. The molecule has 0 aliphatic heterocycles. The molecule has 4 nitrogen and oxygen atoms in total. The highest BCUT2D eigenvalue weighted by molar-refractivity contribution is 5.57. The number of aldehydes is 1. The summed E-state index contributed by atoms with van der Waals surface area (Å²) in [6, 6.07) is -0.456. The van der Waals surface area contributed by atoms with Crippen LogP contribution >= 0.6 is 0 Å². The molecule has 5 N–H and O–H groups in total. The molecule has 0 fully saturated rings. The third kappa shape index (κ3) is 3.09. The maximum absolute atomic E-state index is 10.1. The van der Waals surface area contributed by atoms with Gasteiger partial charge in [0.25, 0.3) is 0 Å². The molecule has 0 aliphatic carbocycles. The SMILES string of the molecule is CN/C(=C\N)CC(N)C=O. The van der Waals surface area contributed by atoms with E-state index in [0.717, 1.165) is 5.70 Å². The van der Waals surface area contributed by atoms with Gasteiger partial charge in [-0.05, 0) is 0 Å². The van der Waals surface area contributed by atoms with Crippen LogP contribution in [0.5, 0.6) is 0 Å². The average molecular weight is 143 g/mol. The molecule has 0 saturated carbocycles. The molecule has 0 heterocycles. The Balaban J connectivity index is 3.74. The van der Waals surface area contributed by atoms with Crippen LogP contribution in [-0.4, -0.2) is 19.4 Å². The summed E-state index contributed by atoms with van der Waals surface area (Å²) in [5.41, 5.74) is 11.3. The Labute approximate surface area is 60.3 Å². The van der Waals surface area contributed by atoms with Gasteiger partial charge in [0.05, 0.1) is 6.04 Å². The summed E-state index contributed by atoms with van der Waals surface area (Å²) in [5, 5.41) is 2.81. The molecule has 0 amide bonds. The molecule has 10 heavy (non-hydrogen) atoms. The maximum Gasteiger partial charge on any atom is 0.137 e. The summed E-state index contributed by atoms with van der Waals surface area (Å²) in [6.45, 7) is 0. The average Bonchev–Trinajstić information content (AvgIpc) is 1.99. The molecule has 0 spiro atoms. The monoisotopic (exact) mass is 143 g/mol. The van der Waals surface area contributed by atoms with Crippen LogP contribution in [0.25, 0.3) is 0 Å². The van der Waals surface area contributed by atoms with E-state index in [4.69, 9.17) is 11.5 Å². The number of carbonyl (C=O) groups excluding carboxylic acids is 1. The molecular formula is C6H13N3O. The normalized spacial score (nSPS) is 14.4. The first-order chi connectivity index (χ1) is 4.74. The predicted molar refractivity (Wildman–Crippen MR) is 40.0 cm³/mol. The van der Waals surface area contributed by atoms with Crippen molar-refractivity contribution in [2.45, 2.75) is 12.5 Å². The van der Waals surface area contributed by atoms with Gasteiger partial charge in [0.1, 0.15) is 6.29 Å². The van der Waals surface area contributed by atoms with Crippen LogP contribution in [0.1, 0.15) is 6.42 Å². The predicted octanol–water partition coefficient (Wildman–Crippen LogP) is -1.08. The zero-order valence-electron chi connectivity index (χ0n) is 6.00. The molecule has 0 aliphatic rings. The van der Waals surface area contributed by atoms with E-state index in [-0.39, 0.29) is 0 Å². The van der Waals surface area contributed by atoms with Gasteiger partial charge in [-0.25, -0.2) is 0 Å². The second-order valence-electron chi connectivity index (χ2n) is 1.95. The first-order valence-corrected chi connectivity index (χ1v) is 3.04. The van der Waals surface area contributed by atoms with Crippen LogP contribution in [0.2, 0.25) is 0 Å². The van der Waals surface area contributed by atoms with Crippen molar-refractivity contribution in [3.8, 4) is 0 Å². The molecular weight excluding hydrogens is 130 g/mol. The minimum atomic E-state index is -0.456. The highest BCUT2D eigenvalue weighted by Crippen LogP contribution is 1.94. The molecule has 0 rings (SSSR count). The number of hydrogen-bond donors (Lipinski definition) is 3. The van der Waals surface area contributed by atoms with Gasteiger partial charge in [0, 0.05) is 25.4 Å². The molecule has 58 valence electrons. The fourth-order valence-corrected chi connectivity index (χ4v) is 0.555. The summed E-state index contributed by atoms with van der Waals surface area (Å²) in [7, 11) is 1.73. The zero-order chi connectivity index (χ0) is 7.98. The molecule has 0 aromatic rings. The highest BCUT2D eigenvalue weighted by atomic mass is 16.1. The van der Waals surface area contributed by atoms with E-state index in [2.05, 4.69) is 5.32 Å². The van der Waals surface area contributed by atoms with Crippen molar-refractivity contribution in [3.63, 3.8) is 0 Å². The van der Waals surface area contributed by atoms with Gasteiger partial charge in [-0.3, -0.25) is 0 Å². The van der Waals surface area contributed by atoms with Crippen LogP contribution in [0, 0.1) is 0 Å². The first-order valence-electron chi connectivity index (χ1n) is 3.04. The van der Waals surface area contributed by atoms with Crippen LogP contribution in [0.15, 0.2) is 11.9 Å². The Kier molecular flexibility index (Phi) is 4.32.